The zero-order valence-electron chi connectivity index (χ0n) is 28.6. The second kappa shape index (κ2) is 16.5. The first-order valence-corrected chi connectivity index (χ1v) is 15.9. The van der Waals surface area contributed by atoms with Gasteiger partial charge in [0.1, 0.15) is 12.2 Å². The fourth-order valence-electron chi connectivity index (χ4n) is 6.54. The maximum Gasteiger partial charge on any atom is 0.373 e. The molecule has 12 atom stereocenters. The van der Waals surface area contributed by atoms with Gasteiger partial charge in [0.25, 0.3) is 0 Å². The summed E-state index contributed by atoms with van der Waals surface area (Å²) in [6, 6.07) is 0. The molecule has 9 nitrogen and oxygen atoms in total. The molecule has 252 valence electrons. The molecule has 0 aromatic carbocycles. The van der Waals surface area contributed by atoms with Crippen LogP contribution in [-0.4, -0.2) is 83.0 Å². The minimum absolute atomic E-state index is 0.00492. The highest BCUT2D eigenvalue weighted by Crippen LogP contribution is 2.41. The van der Waals surface area contributed by atoms with E-state index < -0.39 is 60.2 Å². The molecule has 0 spiro atoms. The van der Waals surface area contributed by atoms with Gasteiger partial charge in [0, 0.05) is 37.2 Å². The van der Waals surface area contributed by atoms with Gasteiger partial charge in [-0.2, -0.15) is 0 Å². The van der Waals surface area contributed by atoms with Crippen molar-refractivity contribution in [3.63, 3.8) is 0 Å². The van der Waals surface area contributed by atoms with Crippen LogP contribution in [0.25, 0.3) is 0 Å². The fraction of sp³-hybridized carbons (Fsp3) is 0.743. The van der Waals surface area contributed by atoms with Crippen LogP contribution in [-0.2, 0) is 23.7 Å². The first-order valence-electron chi connectivity index (χ1n) is 15.9. The molecule has 2 rings (SSSR count). The summed E-state index contributed by atoms with van der Waals surface area (Å²) in [5.41, 5.74) is 1.78. The van der Waals surface area contributed by atoms with Crippen LogP contribution in [0.15, 0.2) is 47.3 Å². The minimum Gasteiger partial charge on any atom is -0.490 e. The van der Waals surface area contributed by atoms with Crippen LogP contribution in [0.2, 0.25) is 0 Å². The van der Waals surface area contributed by atoms with Gasteiger partial charge in [0.15, 0.2) is 5.79 Å². The third kappa shape index (κ3) is 9.50. The van der Waals surface area contributed by atoms with Gasteiger partial charge in [-0.15, -0.1) is 0 Å². The van der Waals surface area contributed by atoms with Crippen LogP contribution in [0.4, 0.5) is 0 Å². The zero-order chi connectivity index (χ0) is 33.5. The standard InChI is InChI=1S/C35H58O9/c1-19(2)32-24(7)27(36)18-35(40,44-32)26(9)31(38)25(8)33-28(41-10)14-12-13-20(3)15-22(5)30(37)23(6)16-21(4)17-29(42-11)34(39)43-33/h12-14,16-17,19,22-28,30-33,36-38,40H,15,18H2,1-11H3/b14-12+,20-13-,21-16+,29-17-/t22-,23+,24-,25-,26-,27+,28-,30-,31+,32+,33+,35+/m0/s1. The first-order chi connectivity index (χ1) is 20.5. The Kier molecular flexibility index (Phi) is 14.3. The number of aliphatic hydroxyl groups is 4. The highest BCUT2D eigenvalue weighted by Gasteiger charge is 2.51. The van der Waals surface area contributed by atoms with E-state index in [1.54, 1.807) is 26.0 Å². The normalized spacial score (nSPS) is 41.2. The average molecular weight is 623 g/mol. The van der Waals surface area contributed by atoms with Gasteiger partial charge in [0.05, 0.1) is 31.5 Å². The van der Waals surface area contributed by atoms with Crippen LogP contribution in [0.3, 0.4) is 0 Å². The Morgan fingerprint density at radius 1 is 1.05 bits per heavy atom. The van der Waals surface area contributed by atoms with Crippen molar-refractivity contribution >= 4 is 5.97 Å². The van der Waals surface area contributed by atoms with Crippen molar-refractivity contribution < 1.29 is 44.2 Å². The van der Waals surface area contributed by atoms with Gasteiger partial charge >= 0.3 is 5.97 Å². The lowest BCUT2D eigenvalue weighted by Crippen LogP contribution is -2.59. The van der Waals surface area contributed by atoms with Crippen LogP contribution < -0.4 is 0 Å². The number of carbonyl (C=O) groups excluding carboxylic acids is 1. The molecule has 44 heavy (non-hydrogen) atoms. The van der Waals surface area contributed by atoms with Gasteiger partial charge < -0.3 is 39.4 Å². The summed E-state index contributed by atoms with van der Waals surface area (Å²) >= 11 is 0. The Labute approximate surface area is 264 Å². The Hall–Kier alpha value is -2.01. The monoisotopic (exact) mass is 622 g/mol. The first kappa shape index (κ1) is 38.2. The summed E-state index contributed by atoms with van der Waals surface area (Å²) in [5.74, 6) is -4.49. The minimum atomic E-state index is -1.80. The lowest BCUT2D eigenvalue weighted by atomic mass is 9.76. The molecule has 0 amide bonds. The zero-order valence-corrected chi connectivity index (χ0v) is 28.6. The average Bonchev–Trinajstić information content (AvgIpc) is 2.96. The van der Waals surface area contributed by atoms with Crippen molar-refractivity contribution in [1.82, 2.24) is 0 Å². The van der Waals surface area contributed by atoms with Gasteiger partial charge in [-0.3, -0.25) is 0 Å². The summed E-state index contributed by atoms with van der Waals surface area (Å²) in [4.78, 5) is 13.5. The van der Waals surface area contributed by atoms with Crippen molar-refractivity contribution in [2.45, 2.75) is 118 Å². The van der Waals surface area contributed by atoms with Crippen LogP contribution in [0, 0.1) is 35.5 Å². The number of aliphatic hydroxyl groups excluding tert-OH is 3. The number of ether oxygens (including phenoxy) is 4. The number of esters is 1. The van der Waals surface area contributed by atoms with Gasteiger partial charge in [-0.1, -0.05) is 83.9 Å². The van der Waals surface area contributed by atoms with Gasteiger partial charge in [-0.05, 0) is 38.2 Å². The van der Waals surface area contributed by atoms with Crippen molar-refractivity contribution in [2.75, 3.05) is 14.2 Å². The molecular weight excluding hydrogens is 564 g/mol. The highest BCUT2D eigenvalue weighted by molar-refractivity contribution is 5.87. The van der Waals surface area contributed by atoms with Gasteiger partial charge in [-0.25, -0.2) is 4.79 Å². The van der Waals surface area contributed by atoms with E-state index in [0.29, 0.717) is 6.42 Å². The van der Waals surface area contributed by atoms with E-state index in [-0.39, 0.29) is 35.9 Å². The number of carbonyl (C=O) groups is 1. The van der Waals surface area contributed by atoms with Crippen LogP contribution in [0.1, 0.15) is 75.2 Å². The molecule has 0 saturated carbocycles. The second-order valence-electron chi connectivity index (χ2n) is 13.6. The third-order valence-corrected chi connectivity index (χ3v) is 9.50. The second-order valence-corrected chi connectivity index (χ2v) is 13.6. The quantitative estimate of drug-likeness (QED) is 0.298. The largest absolute Gasteiger partial charge is 0.490 e. The highest BCUT2D eigenvalue weighted by atomic mass is 16.6. The van der Waals surface area contributed by atoms with Crippen molar-refractivity contribution in [2.24, 2.45) is 35.5 Å². The summed E-state index contributed by atoms with van der Waals surface area (Å²) in [6.07, 6.45) is 4.85. The summed E-state index contributed by atoms with van der Waals surface area (Å²) in [5, 5.41) is 45.0. The molecule has 0 radical (unpaired) electrons. The number of cyclic esters (lactones) is 1. The van der Waals surface area contributed by atoms with E-state index >= 15 is 0 Å². The molecule has 2 aliphatic heterocycles. The molecule has 9 heteroatoms. The molecule has 0 aliphatic carbocycles. The molecule has 2 aliphatic rings. The molecule has 0 bridgehead atoms. The van der Waals surface area contributed by atoms with E-state index in [9.17, 15) is 25.2 Å². The summed E-state index contributed by atoms with van der Waals surface area (Å²) < 4.78 is 23.4. The maximum absolute atomic E-state index is 13.5. The Bertz CT molecular complexity index is 1060. The van der Waals surface area contributed by atoms with Crippen molar-refractivity contribution in [3.8, 4) is 0 Å². The number of allylic oxidation sites excluding steroid dienone is 5. The Balaban J connectivity index is 2.52. The summed E-state index contributed by atoms with van der Waals surface area (Å²) in [6.45, 7) is 17.0. The molecule has 1 saturated heterocycles. The topological polar surface area (TPSA) is 135 Å². The lowest BCUT2D eigenvalue weighted by Gasteiger charge is -2.49. The molecular formula is C35H58O9. The predicted molar refractivity (Wildman–Crippen MR) is 170 cm³/mol. The predicted octanol–water partition coefficient (Wildman–Crippen LogP) is 4.69. The molecule has 0 aromatic heterocycles. The molecule has 0 aromatic rings. The third-order valence-electron chi connectivity index (χ3n) is 9.50. The van der Waals surface area contributed by atoms with E-state index in [1.807, 2.05) is 66.7 Å². The number of methoxy groups -OCH3 is 2. The number of hydrogen-bond donors (Lipinski definition) is 4. The smallest absolute Gasteiger partial charge is 0.373 e. The molecule has 1 fully saturated rings. The lowest BCUT2D eigenvalue weighted by molar-refractivity contribution is -0.328. The van der Waals surface area contributed by atoms with Crippen molar-refractivity contribution in [3.05, 3.63) is 47.3 Å². The SMILES string of the molecule is CO/C1=C\C(C)=C\[C@@H](C)[C@@H](O)[C@@H](C)C/C(C)=C\C=C\[C@H](OC)[C@@H]([C@@H](C)[C@@H](O)[C@H](C)[C@@]2(O)C[C@@H](O)[C@H](C)[C@@H](C(C)C)O2)OC1=O. The fourth-order valence-corrected chi connectivity index (χ4v) is 6.54. The molecule has 4 N–H and O–H groups in total. The van der Waals surface area contributed by atoms with Crippen molar-refractivity contribution in [1.29, 1.82) is 0 Å². The Morgan fingerprint density at radius 3 is 2.25 bits per heavy atom. The van der Waals surface area contributed by atoms with Crippen LogP contribution >= 0.6 is 0 Å². The van der Waals surface area contributed by atoms with E-state index in [2.05, 4.69) is 0 Å². The number of hydrogen-bond acceptors (Lipinski definition) is 9. The van der Waals surface area contributed by atoms with E-state index in [1.165, 1.54) is 14.2 Å². The van der Waals surface area contributed by atoms with E-state index in [4.69, 9.17) is 18.9 Å². The molecule has 0 unspecified atom stereocenters. The Morgan fingerprint density at radius 2 is 1.68 bits per heavy atom. The van der Waals surface area contributed by atoms with Crippen LogP contribution in [0.5, 0.6) is 0 Å². The summed E-state index contributed by atoms with van der Waals surface area (Å²) in [7, 11) is 2.87. The van der Waals surface area contributed by atoms with E-state index in [0.717, 1.165) is 11.1 Å². The molecule has 2 heterocycles. The maximum atomic E-state index is 13.5. The number of rotatable bonds is 7. The van der Waals surface area contributed by atoms with Gasteiger partial charge in [0.2, 0.25) is 5.76 Å².